The van der Waals surface area contributed by atoms with Crippen LogP contribution in [-0.4, -0.2) is 26.3 Å². The van der Waals surface area contributed by atoms with Gasteiger partial charge in [-0.1, -0.05) is 12.1 Å². The lowest BCUT2D eigenvalue weighted by Gasteiger charge is -2.16. The van der Waals surface area contributed by atoms with Crippen LogP contribution in [0.4, 0.5) is 0 Å². The summed E-state index contributed by atoms with van der Waals surface area (Å²) in [5, 5.41) is 3.37. The smallest absolute Gasteiger partial charge is 0.203 e. The Morgan fingerprint density at radius 2 is 1.76 bits per heavy atom. The average molecular weight is 288 g/mol. The summed E-state index contributed by atoms with van der Waals surface area (Å²) in [4.78, 5) is 4.09. The van der Waals surface area contributed by atoms with E-state index in [-0.39, 0.29) is 0 Å². The van der Waals surface area contributed by atoms with Crippen LogP contribution in [0.2, 0.25) is 0 Å². The molecule has 0 saturated heterocycles. The molecule has 0 fully saturated rings. The van der Waals surface area contributed by atoms with Crippen LogP contribution in [0.1, 0.15) is 11.1 Å². The molecule has 0 amide bonds. The van der Waals surface area contributed by atoms with Crippen molar-refractivity contribution in [3.05, 3.63) is 47.8 Å². The summed E-state index contributed by atoms with van der Waals surface area (Å²) >= 11 is 0. The monoisotopic (exact) mass is 288 g/mol. The van der Waals surface area contributed by atoms with Gasteiger partial charge in [0.2, 0.25) is 5.75 Å². The van der Waals surface area contributed by atoms with E-state index in [1.165, 1.54) is 0 Å². The van der Waals surface area contributed by atoms with Crippen LogP contribution in [0, 0.1) is 0 Å². The second kappa shape index (κ2) is 7.50. The van der Waals surface area contributed by atoms with E-state index >= 15 is 0 Å². The van der Waals surface area contributed by atoms with Crippen molar-refractivity contribution in [3.63, 3.8) is 0 Å². The number of pyridine rings is 1. The summed E-state index contributed by atoms with van der Waals surface area (Å²) < 4.78 is 16.1. The van der Waals surface area contributed by atoms with Gasteiger partial charge in [0.15, 0.2) is 11.5 Å². The lowest BCUT2D eigenvalue weighted by molar-refractivity contribution is 0.321. The molecule has 2 aromatic rings. The highest BCUT2D eigenvalue weighted by Crippen LogP contribution is 2.39. The molecule has 0 bridgehead atoms. The van der Waals surface area contributed by atoms with Gasteiger partial charge >= 0.3 is 0 Å². The first-order chi connectivity index (χ1) is 10.3. The quantitative estimate of drug-likeness (QED) is 0.848. The Balaban J connectivity index is 2.09. The Kier molecular flexibility index (Phi) is 5.40. The van der Waals surface area contributed by atoms with Crippen LogP contribution >= 0.6 is 0 Å². The highest BCUT2D eigenvalue weighted by atomic mass is 16.5. The molecule has 0 aliphatic carbocycles. The minimum Gasteiger partial charge on any atom is -0.493 e. The van der Waals surface area contributed by atoms with Crippen LogP contribution in [0.15, 0.2) is 36.7 Å². The lowest BCUT2D eigenvalue weighted by Crippen LogP contribution is -2.14. The molecule has 0 aliphatic rings. The van der Waals surface area contributed by atoms with Crippen molar-refractivity contribution in [3.8, 4) is 17.2 Å². The molecule has 5 heteroatoms. The first kappa shape index (κ1) is 15.1. The standard InChI is InChI=1S/C16H20N2O3/c1-19-14-7-6-13(15(20-2)16(14)21-3)11-18-10-12-5-4-8-17-9-12/h4-9,18H,10-11H2,1-3H3. The molecule has 1 aromatic heterocycles. The molecule has 1 aromatic carbocycles. The van der Waals surface area contributed by atoms with Crippen molar-refractivity contribution >= 4 is 0 Å². The molecule has 0 unspecified atom stereocenters. The van der Waals surface area contributed by atoms with E-state index in [2.05, 4.69) is 10.3 Å². The van der Waals surface area contributed by atoms with Gasteiger partial charge in [0, 0.05) is 31.0 Å². The summed E-state index contributed by atoms with van der Waals surface area (Å²) in [5.41, 5.74) is 2.15. The fraction of sp³-hybridized carbons (Fsp3) is 0.312. The zero-order chi connectivity index (χ0) is 15.1. The zero-order valence-corrected chi connectivity index (χ0v) is 12.6. The van der Waals surface area contributed by atoms with E-state index < -0.39 is 0 Å². The molecule has 1 heterocycles. The number of benzene rings is 1. The third-order valence-electron chi connectivity index (χ3n) is 3.15. The summed E-state index contributed by atoms with van der Waals surface area (Å²) in [6.45, 7) is 1.41. The second-order valence-electron chi connectivity index (χ2n) is 4.46. The van der Waals surface area contributed by atoms with E-state index in [4.69, 9.17) is 14.2 Å². The molecule has 112 valence electrons. The number of methoxy groups -OCH3 is 3. The minimum atomic E-state index is 0.612. The van der Waals surface area contributed by atoms with Gasteiger partial charge in [-0.2, -0.15) is 0 Å². The molecular weight excluding hydrogens is 268 g/mol. The molecular formula is C16H20N2O3. The zero-order valence-electron chi connectivity index (χ0n) is 12.6. The van der Waals surface area contributed by atoms with E-state index in [1.54, 1.807) is 27.5 Å². The molecule has 0 spiro atoms. The fourth-order valence-corrected chi connectivity index (χ4v) is 2.15. The van der Waals surface area contributed by atoms with Crippen LogP contribution < -0.4 is 19.5 Å². The number of hydrogen-bond acceptors (Lipinski definition) is 5. The van der Waals surface area contributed by atoms with E-state index in [0.29, 0.717) is 23.8 Å². The normalized spacial score (nSPS) is 10.2. The molecule has 21 heavy (non-hydrogen) atoms. The van der Waals surface area contributed by atoms with Gasteiger partial charge in [0.05, 0.1) is 21.3 Å². The fourth-order valence-electron chi connectivity index (χ4n) is 2.15. The van der Waals surface area contributed by atoms with E-state index in [0.717, 1.165) is 17.7 Å². The second-order valence-corrected chi connectivity index (χ2v) is 4.46. The van der Waals surface area contributed by atoms with Crippen molar-refractivity contribution in [2.75, 3.05) is 21.3 Å². The van der Waals surface area contributed by atoms with Crippen LogP contribution in [0.3, 0.4) is 0 Å². The molecule has 5 nitrogen and oxygen atoms in total. The number of hydrogen-bond donors (Lipinski definition) is 1. The average Bonchev–Trinajstić information content (AvgIpc) is 2.55. The van der Waals surface area contributed by atoms with Crippen molar-refractivity contribution in [2.45, 2.75) is 13.1 Å². The molecule has 0 saturated carbocycles. The van der Waals surface area contributed by atoms with Gasteiger partial charge in [-0.25, -0.2) is 0 Å². The van der Waals surface area contributed by atoms with Crippen LogP contribution in [0.5, 0.6) is 17.2 Å². The molecule has 0 aliphatic heterocycles. The predicted molar refractivity (Wildman–Crippen MR) is 80.9 cm³/mol. The van der Waals surface area contributed by atoms with E-state index in [9.17, 15) is 0 Å². The number of ether oxygens (including phenoxy) is 3. The van der Waals surface area contributed by atoms with Crippen molar-refractivity contribution < 1.29 is 14.2 Å². The molecule has 1 N–H and O–H groups in total. The van der Waals surface area contributed by atoms with Gasteiger partial charge in [-0.3, -0.25) is 4.98 Å². The number of nitrogens with one attached hydrogen (secondary N) is 1. The first-order valence-electron chi connectivity index (χ1n) is 6.67. The molecule has 0 atom stereocenters. The van der Waals surface area contributed by atoms with Gasteiger partial charge in [0.25, 0.3) is 0 Å². The molecule has 2 rings (SSSR count). The maximum absolute atomic E-state index is 5.46. The third-order valence-corrected chi connectivity index (χ3v) is 3.15. The molecule has 0 radical (unpaired) electrons. The summed E-state index contributed by atoms with van der Waals surface area (Å²) in [5.74, 6) is 1.96. The summed E-state index contributed by atoms with van der Waals surface area (Å²) in [6.07, 6.45) is 3.61. The summed E-state index contributed by atoms with van der Waals surface area (Å²) in [6, 6.07) is 7.80. The topological polar surface area (TPSA) is 52.6 Å². The van der Waals surface area contributed by atoms with Gasteiger partial charge < -0.3 is 19.5 Å². The van der Waals surface area contributed by atoms with Gasteiger partial charge in [-0.05, 0) is 17.7 Å². The van der Waals surface area contributed by atoms with Gasteiger partial charge in [0.1, 0.15) is 0 Å². The largest absolute Gasteiger partial charge is 0.493 e. The van der Waals surface area contributed by atoms with Crippen molar-refractivity contribution in [1.82, 2.24) is 10.3 Å². The number of aromatic nitrogens is 1. The lowest BCUT2D eigenvalue weighted by atomic mass is 10.1. The number of rotatable bonds is 7. The minimum absolute atomic E-state index is 0.612. The Hall–Kier alpha value is -2.27. The SMILES string of the molecule is COc1ccc(CNCc2cccnc2)c(OC)c1OC. The first-order valence-corrected chi connectivity index (χ1v) is 6.67. The van der Waals surface area contributed by atoms with Crippen molar-refractivity contribution in [1.29, 1.82) is 0 Å². The Labute approximate surface area is 124 Å². The maximum atomic E-state index is 5.46. The highest BCUT2D eigenvalue weighted by molar-refractivity contribution is 5.55. The summed E-state index contributed by atoms with van der Waals surface area (Å²) in [7, 11) is 4.84. The Bertz CT molecular complexity index is 573. The highest BCUT2D eigenvalue weighted by Gasteiger charge is 2.15. The third kappa shape index (κ3) is 3.64. The van der Waals surface area contributed by atoms with Crippen molar-refractivity contribution in [2.24, 2.45) is 0 Å². The number of nitrogens with zero attached hydrogens (tertiary/aromatic N) is 1. The Morgan fingerprint density at radius 3 is 2.38 bits per heavy atom. The van der Waals surface area contributed by atoms with Crippen LogP contribution in [0.25, 0.3) is 0 Å². The maximum Gasteiger partial charge on any atom is 0.203 e. The Morgan fingerprint density at radius 1 is 0.952 bits per heavy atom. The van der Waals surface area contributed by atoms with Gasteiger partial charge in [-0.15, -0.1) is 0 Å². The predicted octanol–water partition coefficient (Wildman–Crippen LogP) is 2.40. The van der Waals surface area contributed by atoms with Crippen LogP contribution in [-0.2, 0) is 13.1 Å². The van der Waals surface area contributed by atoms with E-state index in [1.807, 2.05) is 30.5 Å².